The predicted octanol–water partition coefficient (Wildman–Crippen LogP) is 2.68. The van der Waals surface area contributed by atoms with Gasteiger partial charge in [-0.3, -0.25) is 0 Å². The van der Waals surface area contributed by atoms with Gasteiger partial charge in [-0.05, 0) is 24.4 Å². The van der Waals surface area contributed by atoms with E-state index in [0.29, 0.717) is 12.0 Å². The molecule has 0 saturated carbocycles. The van der Waals surface area contributed by atoms with E-state index in [1.54, 1.807) is 18.4 Å². The van der Waals surface area contributed by atoms with E-state index in [1.165, 1.54) is 4.88 Å². The van der Waals surface area contributed by atoms with E-state index < -0.39 is 0 Å². The lowest BCUT2D eigenvalue weighted by atomic mass is 9.98. The van der Waals surface area contributed by atoms with E-state index in [0.717, 1.165) is 0 Å². The Morgan fingerprint density at radius 1 is 1.43 bits per heavy atom. The van der Waals surface area contributed by atoms with Gasteiger partial charge in [0.05, 0.1) is 12.1 Å². The van der Waals surface area contributed by atoms with Crippen LogP contribution in [0.3, 0.4) is 0 Å². The first-order valence-electron chi connectivity index (χ1n) is 4.94. The number of thiophene rings is 1. The number of likely N-dealkylation sites (N-methyl/N-ethyl adjacent to an activating group) is 1. The van der Waals surface area contributed by atoms with Crippen LogP contribution in [0.2, 0.25) is 0 Å². The van der Waals surface area contributed by atoms with Crippen LogP contribution in [-0.2, 0) is 4.74 Å². The van der Waals surface area contributed by atoms with Crippen molar-refractivity contribution < 1.29 is 4.74 Å². The summed E-state index contributed by atoms with van der Waals surface area (Å²) in [6.45, 7) is 4.37. The Morgan fingerprint density at radius 3 is 2.50 bits per heavy atom. The molecule has 0 spiro atoms. The number of hydrogen-bond acceptors (Lipinski definition) is 3. The molecule has 0 saturated heterocycles. The molecule has 0 radical (unpaired) electrons. The summed E-state index contributed by atoms with van der Waals surface area (Å²) >= 11 is 1.77. The first kappa shape index (κ1) is 11.7. The highest BCUT2D eigenvalue weighted by molar-refractivity contribution is 7.10. The summed E-state index contributed by atoms with van der Waals surface area (Å²) in [7, 11) is 3.77. The molecule has 3 heteroatoms. The summed E-state index contributed by atoms with van der Waals surface area (Å²) < 4.78 is 5.53. The van der Waals surface area contributed by atoms with Crippen LogP contribution >= 0.6 is 11.3 Å². The Hall–Kier alpha value is -0.380. The van der Waals surface area contributed by atoms with Gasteiger partial charge in [0.25, 0.3) is 0 Å². The van der Waals surface area contributed by atoms with Gasteiger partial charge in [-0.15, -0.1) is 11.3 Å². The average Bonchev–Trinajstić information content (AvgIpc) is 2.65. The highest BCUT2D eigenvalue weighted by Gasteiger charge is 2.24. The van der Waals surface area contributed by atoms with Gasteiger partial charge >= 0.3 is 0 Å². The summed E-state index contributed by atoms with van der Waals surface area (Å²) in [4.78, 5) is 1.34. The van der Waals surface area contributed by atoms with Crippen LogP contribution in [0.1, 0.15) is 24.8 Å². The molecule has 14 heavy (non-hydrogen) atoms. The highest BCUT2D eigenvalue weighted by Crippen LogP contribution is 2.27. The summed E-state index contributed by atoms with van der Waals surface area (Å²) in [5.41, 5.74) is 0. The Kier molecular flexibility index (Phi) is 4.58. The smallest absolute Gasteiger partial charge is 0.0796 e. The molecule has 0 bridgehead atoms. The lowest BCUT2D eigenvalue weighted by Crippen LogP contribution is -2.34. The van der Waals surface area contributed by atoms with E-state index in [9.17, 15) is 0 Å². The zero-order chi connectivity index (χ0) is 10.6. The molecule has 1 N–H and O–H groups in total. The van der Waals surface area contributed by atoms with Crippen molar-refractivity contribution in [2.75, 3.05) is 14.2 Å². The normalized spacial score (nSPS) is 15.8. The van der Waals surface area contributed by atoms with Gasteiger partial charge in [0.1, 0.15) is 0 Å². The molecular weight excluding hydrogens is 194 g/mol. The third kappa shape index (κ3) is 2.56. The van der Waals surface area contributed by atoms with E-state index in [-0.39, 0.29) is 6.10 Å². The SMILES string of the molecule is CNC(c1cccs1)C(OC)C(C)C. The summed E-state index contributed by atoms with van der Waals surface area (Å²) in [6, 6.07) is 4.54. The van der Waals surface area contributed by atoms with Gasteiger partial charge in [-0.2, -0.15) is 0 Å². The average molecular weight is 213 g/mol. The summed E-state index contributed by atoms with van der Waals surface area (Å²) in [6.07, 6.45) is 0.235. The van der Waals surface area contributed by atoms with Gasteiger partial charge in [0, 0.05) is 12.0 Å². The van der Waals surface area contributed by atoms with E-state index in [2.05, 4.69) is 36.7 Å². The van der Waals surface area contributed by atoms with Gasteiger partial charge in [-0.25, -0.2) is 0 Å². The van der Waals surface area contributed by atoms with Crippen LogP contribution in [0.5, 0.6) is 0 Å². The summed E-state index contributed by atoms with van der Waals surface area (Å²) in [5.74, 6) is 0.513. The molecule has 0 aromatic carbocycles. The first-order valence-corrected chi connectivity index (χ1v) is 5.82. The van der Waals surface area contributed by atoms with Gasteiger partial charge in [0.15, 0.2) is 0 Å². The van der Waals surface area contributed by atoms with Crippen molar-refractivity contribution in [2.45, 2.75) is 26.0 Å². The van der Waals surface area contributed by atoms with E-state index in [4.69, 9.17) is 4.74 Å². The quantitative estimate of drug-likeness (QED) is 0.812. The minimum Gasteiger partial charge on any atom is -0.379 e. The van der Waals surface area contributed by atoms with E-state index >= 15 is 0 Å². The molecule has 2 atom stereocenters. The minimum absolute atomic E-state index is 0.235. The molecule has 2 nitrogen and oxygen atoms in total. The van der Waals surface area contributed by atoms with Crippen LogP contribution < -0.4 is 5.32 Å². The number of hydrogen-bond donors (Lipinski definition) is 1. The number of methoxy groups -OCH3 is 1. The van der Waals surface area contributed by atoms with Gasteiger partial charge in [0.2, 0.25) is 0 Å². The molecule has 80 valence electrons. The van der Waals surface area contributed by atoms with Crippen molar-refractivity contribution in [3.63, 3.8) is 0 Å². The molecule has 0 amide bonds. The molecule has 0 aliphatic rings. The summed E-state index contributed by atoms with van der Waals surface area (Å²) in [5, 5.41) is 5.43. The maximum Gasteiger partial charge on any atom is 0.0796 e. The van der Waals surface area contributed by atoms with Crippen molar-refractivity contribution in [3.8, 4) is 0 Å². The Balaban J connectivity index is 2.79. The second-order valence-corrected chi connectivity index (χ2v) is 4.71. The lowest BCUT2D eigenvalue weighted by molar-refractivity contribution is 0.0358. The Morgan fingerprint density at radius 2 is 2.14 bits per heavy atom. The third-order valence-corrected chi connectivity index (χ3v) is 3.37. The molecule has 2 unspecified atom stereocenters. The molecule has 0 aliphatic heterocycles. The molecular formula is C11H19NOS. The lowest BCUT2D eigenvalue weighted by Gasteiger charge is -2.27. The van der Waals surface area contributed by atoms with Crippen molar-refractivity contribution in [2.24, 2.45) is 5.92 Å². The highest BCUT2D eigenvalue weighted by atomic mass is 32.1. The molecule has 1 heterocycles. The van der Waals surface area contributed by atoms with Crippen molar-refractivity contribution >= 4 is 11.3 Å². The first-order chi connectivity index (χ1) is 6.70. The molecule has 1 aromatic heterocycles. The van der Waals surface area contributed by atoms with Crippen LogP contribution in [-0.4, -0.2) is 20.3 Å². The standard InChI is InChI=1S/C11H19NOS/c1-8(2)11(13-4)10(12-3)9-6-5-7-14-9/h5-8,10-12H,1-4H3. The van der Waals surface area contributed by atoms with Crippen molar-refractivity contribution in [1.82, 2.24) is 5.32 Å². The van der Waals surface area contributed by atoms with Crippen molar-refractivity contribution in [1.29, 1.82) is 0 Å². The van der Waals surface area contributed by atoms with Crippen LogP contribution in [0.4, 0.5) is 0 Å². The zero-order valence-electron chi connectivity index (χ0n) is 9.28. The van der Waals surface area contributed by atoms with Gasteiger partial charge < -0.3 is 10.1 Å². The largest absolute Gasteiger partial charge is 0.379 e. The monoisotopic (exact) mass is 213 g/mol. The Bertz CT molecular complexity index is 246. The second-order valence-electron chi connectivity index (χ2n) is 3.73. The number of ether oxygens (including phenoxy) is 1. The molecule has 0 fully saturated rings. The molecule has 1 aromatic rings. The number of rotatable bonds is 5. The fourth-order valence-corrected chi connectivity index (χ4v) is 2.60. The third-order valence-electron chi connectivity index (χ3n) is 2.42. The van der Waals surface area contributed by atoms with Crippen LogP contribution in [0.25, 0.3) is 0 Å². The van der Waals surface area contributed by atoms with Gasteiger partial charge in [-0.1, -0.05) is 19.9 Å². The molecule has 0 aliphatic carbocycles. The van der Waals surface area contributed by atoms with E-state index in [1.807, 2.05) is 7.05 Å². The minimum atomic E-state index is 0.235. The topological polar surface area (TPSA) is 21.3 Å². The van der Waals surface area contributed by atoms with Crippen LogP contribution in [0.15, 0.2) is 17.5 Å². The molecule has 1 rings (SSSR count). The zero-order valence-corrected chi connectivity index (χ0v) is 10.1. The Labute approximate surface area is 90.3 Å². The van der Waals surface area contributed by atoms with Crippen molar-refractivity contribution in [3.05, 3.63) is 22.4 Å². The van der Waals surface area contributed by atoms with Crippen LogP contribution in [0, 0.1) is 5.92 Å². The maximum atomic E-state index is 5.53. The fourth-order valence-electron chi connectivity index (χ4n) is 1.73. The predicted molar refractivity (Wildman–Crippen MR) is 61.8 cm³/mol. The second kappa shape index (κ2) is 5.49. The fraction of sp³-hybridized carbons (Fsp3) is 0.636. The number of nitrogens with one attached hydrogen (secondary N) is 1. The maximum absolute atomic E-state index is 5.53.